The van der Waals surface area contributed by atoms with Gasteiger partial charge in [-0.2, -0.15) is 0 Å². The van der Waals surface area contributed by atoms with Crippen LogP contribution in [0.25, 0.3) is 0 Å². The van der Waals surface area contributed by atoms with E-state index in [1.54, 1.807) is 18.2 Å². The molecule has 4 nitrogen and oxygen atoms in total. The quantitative estimate of drug-likeness (QED) is 0.367. The van der Waals surface area contributed by atoms with Crippen molar-refractivity contribution in [2.75, 3.05) is 0 Å². The number of hydrogen-bond acceptors (Lipinski definition) is 4. The van der Waals surface area contributed by atoms with Crippen LogP contribution < -0.4 is 5.73 Å². The zero-order valence-electron chi connectivity index (χ0n) is 9.47. The summed E-state index contributed by atoms with van der Waals surface area (Å²) in [5.41, 5.74) is 6.41. The van der Waals surface area contributed by atoms with E-state index in [-0.39, 0.29) is 5.84 Å². The average Bonchev–Trinajstić information content (AvgIpc) is 2.77. The summed E-state index contributed by atoms with van der Waals surface area (Å²) in [6, 6.07) is 10.7. The molecule has 0 aliphatic heterocycles. The van der Waals surface area contributed by atoms with Crippen molar-refractivity contribution in [3.63, 3.8) is 0 Å². The van der Waals surface area contributed by atoms with Crippen molar-refractivity contribution in [3.05, 3.63) is 55.1 Å². The molecule has 0 radical (unpaired) electrons. The van der Waals surface area contributed by atoms with Crippen LogP contribution in [-0.4, -0.2) is 11.8 Å². The number of benzene rings is 1. The highest BCUT2D eigenvalue weighted by Crippen LogP contribution is 2.32. The lowest BCUT2D eigenvalue weighted by Gasteiger charge is -1.99. The van der Waals surface area contributed by atoms with Crippen LogP contribution in [0.4, 0.5) is 0 Å². The first-order chi connectivity index (χ1) is 9.08. The Balaban J connectivity index is 2.08. The van der Waals surface area contributed by atoms with Gasteiger partial charge in [-0.15, -0.1) is 11.3 Å². The molecule has 0 aliphatic carbocycles. The number of carbonyl (C=O) groups is 1. The Bertz CT molecular complexity index is 606. The lowest BCUT2D eigenvalue weighted by molar-refractivity contribution is 0.0522. The third kappa shape index (κ3) is 3.65. The number of hydrogen-bond donors (Lipinski definition) is 1. The zero-order valence-corrected chi connectivity index (χ0v) is 13.5. The molecule has 0 atom stereocenters. The molecule has 0 unspecified atom stereocenters. The van der Waals surface area contributed by atoms with Crippen molar-refractivity contribution in [1.82, 2.24) is 0 Å². The highest BCUT2D eigenvalue weighted by molar-refractivity contribution is 9.13. The smallest absolute Gasteiger partial charge is 0.375 e. The molecule has 7 heteroatoms. The second-order valence-electron chi connectivity index (χ2n) is 3.45. The summed E-state index contributed by atoms with van der Waals surface area (Å²) in [6.07, 6.45) is 0. The van der Waals surface area contributed by atoms with Crippen LogP contribution in [0.3, 0.4) is 0 Å². The summed E-state index contributed by atoms with van der Waals surface area (Å²) >= 11 is 7.86. The monoisotopic (exact) mass is 402 g/mol. The summed E-state index contributed by atoms with van der Waals surface area (Å²) in [6.45, 7) is 0. The van der Waals surface area contributed by atoms with E-state index in [1.807, 2.05) is 18.2 Å². The van der Waals surface area contributed by atoms with Crippen molar-refractivity contribution in [1.29, 1.82) is 0 Å². The summed E-state index contributed by atoms with van der Waals surface area (Å²) in [5, 5.41) is 3.63. The predicted molar refractivity (Wildman–Crippen MR) is 82.3 cm³/mol. The molecule has 0 aliphatic rings. The molecule has 1 aromatic carbocycles. The summed E-state index contributed by atoms with van der Waals surface area (Å²) in [7, 11) is 0. The van der Waals surface area contributed by atoms with Crippen molar-refractivity contribution in [2.45, 2.75) is 0 Å². The predicted octanol–water partition coefficient (Wildman–Crippen LogP) is 3.75. The maximum Gasteiger partial charge on any atom is 0.375 e. The van der Waals surface area contributed by atoms with Crippen LogP contribution in [0.15, 0.2) is 49.8 Å². The van der Waals surface area contributed by atoms with Crippen molar-refractivity contribution >= 4 is 55.0 Å². The Kier molecular flexibility index (Phi) is 4.73. The molecule has 1 heterocycles. The molecule has 2 aromatic rings. The van der Waals surface area contributed by atoms with E-state index in [4.69, 9.17) is 10.6 Å². The molecule has 0 fully saturated rings. The molecule has 0 amide bonds. The molecule has 0 saturated heterocycles. The molecule has 1 aromatic heterocycles. The minimum Gasteiger partial charge on any atom is -0.380 e. The van der Waals surface area contributed by atoms with Crippen LogP contribution >= 0.6 is 43.2 Å². The van der Waals surface area contributed by atoms with E-state index in [2.05, 4.69) is 37.0 Å². The van der Waals surface area contributed by atoms with Gasteiger partial charge in [0, 0.05) is 10.0 Å². The number of nitrogens with two attached hydrogens (primary N) is 1. The lowest BCUT2D eigenvalue weighted by Crippen LogP contribution is -2.14. The van der Waals surface area contributed by atoms with Gasteiger partial charge in [-0.3, -0.25) is 0 Å². The molecule has 2 rings (SSSR count). The normalized spacial score (nSPS) is 11.4. The van der Waals surface area contributed by atoms with E-state index < -0.39 is 5.97 Å². The summed E-state index contributed by atoms with van der Waals surface area (Å²) < 4.78 is 1.61. The topological polar surface area (TPSA) is 64.7 Å². The van der Waals surface area contributed by atoms with Gasteiger partial charge >= 0.3 is 5.97 Å². The molecule has 2 N–H and O–H groups in total. The second-order valence-corrected chi connectivity index (χ2v) is 6.68. The Morgan fingerprint density at radius 2 is 1.95 bits per heavy atom. The summed E-state index contributed by atoms with van der Waals surface area (Å²) in [4.78, 5) is 17.0. The Morgan fingerprint density at radius 3 is 2.53 bits per heavy atom. The van der Waals surface area contributed by atoms with Gasteiger partial charge in [0.05, 0.1) is 3.79 Å². The minimum atomic E-state index is -0.546. The van der Waals surface area contributed by atoms with Crippen LogP contribution in [-0.2, 0) is 4.84 Å². The standard InChI is InChI=1S/C12H8Br2N2O2S/c13-8-6-9(19-10(8)14)12(17)18-16-11(15)7-4-2-1-3-5-7/h1-6H,(H2,15,16). The van der Waals surface area contributed by atoms with Gasteiger partial charge in [-0.05, 0) is 37.9 Å². The fraction of sp³-hybridized carbons (Fsp3) is 0. The number of carbonyl (C=O) groups excluding carboxylic acids is 1. The lowest BCUT2D eigenvalue weighted by atomic mass is 10.2. The Hall–Kier alpha value is -1.18. The van der Waals surface area contributed by atoms with Crippen molar-refractivity contribution in [3.8, 4) is 0 Å². The van der Waals surface area contributed by atoms with Gasteiger partial charge in [-0.25, -0.2) is 4.79 Å². The second kappa shape index (κ2) is 6.31. The summed E-state index contributed by atoms with van der Waals surface area (Å²) in [5.74, 6) is -0.390. The average molecular weight is 404 g/mol. The third-order valence-electron chi connectivity index (χ3n) is 2.14. The van der Waals surface area contributed by atoms with E-state index in [0.717, 1.165) is 8.26 Å². The number of thiophene rings is 1. The maximum atomic E-state index is 11.7. The van der Waals surface area contributed by atoms with E-state index in [0.29, 0.717) is 10.4 Å². The number of halogens is 2. The highest BCUT2D eigenvalue weighted by Gasteiger charge is 2.13. The first-order valence-electron chi connectivity index (χ1n) is 5.13. The number of nitrogens with zero attached hydrogens (tertiary/aromatic N) is 1. The van der Waals surface area contributed by atoms with Crippen LogP contribution in [0.1, 0.15) is 15.2 Å². The molecule has 19 heavy (non-hydrogen) atoms. The van der Waals surface area contributed by atoms with Gasteiger partial charge in [0.15, 0.2) is 5.84 Å². The fourth-order valence-electron chi connectivity index (χ4n) is 1.24. The van der Waals surface area contributed by atoms with Gasteiger partial charge in [0.1, 0.15) is 4.88 Å². The van der Waals surface area contributed by atoms with E-state index in [1.165, 1.54) is 11.3 Å². The molecular weight excluding hydrogens is 396 g/mol. The SMILES string of the molecule is N/C(=N\OC(=O)c1cc(Br)c(Br)s1)c1ccccc1. The van der Waals surface area contributed by atoms with Gasteiger partial charge in [-0.1, -0.05) is 35.5 Å². The minimum absolute atomic E-state index is 0.156. The number of amidine groups is 1. The Labute approximate surface area is 130 Å². The van der Waals surface area contributed by atoms with Crippen LogP contribution in [0, 0.1) is 0 Å². The maximum absolute atomic E-state index is 11.7. The molecular formula is C12H8Br2N2O2S. The van der Waals surface area contributed by atoms with Crippen molar-refractivity contribution < 1.29 is 9.63 Å². The van der Waals surface area contributed by atoms with E-state index in [9.17, 15) is 4.79 Å². The molecule has 0 bridgehead atoms. The third-order valence-corrected chi connectivity index (χ3v) is 5.38. The zero-order chi connectivity index (χ0) is 13.8. The molecule has 0 saturated carbocycles. The molecule has 0 spiro atoms. The first-order valence-corrected chi connectivity index (χ1v) is 7.53. The van der Waals surface area contributed by atoms with Crippen molar-refractivity contribution in [2.24, 2.45) is 10.9 Å². The van der Waals surface area contributed by atoms with Crippen LogP contribution in [0.2, 0.25) is 0 Å². The molecule has 98 valence electrons. The fourth-order valence-corrected chi connectivity index (χ4v) is 3.15. The highest BCUT2D eigenvalue weighted by atomic mass is 79.9. The Morgan fingerprint density at radius 1 is 1.26 bits per heavy atom. The van der Waals surface area contributed by atoms with Crippen LogP contribution in [0.5, 0.6) is 0 Å². The van der Waals surface area contributed by atoms with E-state index >= 15 is 0 Å². The first kappa shape index (κ1) is 14.2. The van der Waals surface area contributed by atoms with Gasteiger partial charge in [0.25, 0.3) is 0 Å². The van der Waals surface area contributed by atoms with Gasteiger partial charge < -0.3 is 10.6 Å². The van der Waals surface area contributed by atoms with Gasteiger partial charge in [0.2, 0.25) is 0 Å². The number of oxime groups is 1. The number of rotatable bonds is 3. The largest absolute Gasteiger partial charge is 0.380 e.